The fourth-order valence-corrected chi connectivity index (χ4v) is 2.31. The van der Waals surface area contributed by atoms with Gasteiger partial charge in [0.15, 0.2) is 0 Å². The number of rotatable bonds is 3. The van der Waals surface area contributed by atoms with Crippen LogP contribution in [0.3, 0.4) is 0 Å². The van der Waals surface area contributed by atoms with Crippen LogP contribution in [0.5, 0.6) is 0 Å². The maximum atomic E-state index is 5.70. The van der Waals surface area contributed by atoms with Crippen LogP contribution in [0.2, 0.25) is 0 Å². The smallest absolute Gasteiger partial charge is 0.0349 e. The average Bonchev–Trinajstić information content (AvgIpc) is 2.39. The summed E-state index contributed by atoms with van der Waals surface area (Å²) in [4.78, 5) is 1.79. The van der Waals surface area contributed by atoms with Gasteiger partial charge in [0.1, 0.15) is 0 Å². The lowest BCUT2D eigenvalue weighted by atomic mass is 10.1. The summed E-state index contributed by atoms with van der Waals surface area (Å²) in [5.41, 5.74) is 9.55. The van der Waals surface area contributed by atoms with Crippen LogP contribution >= 0.6 is 25.3 Å². The molecule has 0 aliphatic carbocycles. The SMILES string of the molecule is CNc1ccc(/C=C/c2ccc(N)cc2S)c(S)c1. The van der Waals surface area contributed by atoms with Crippen molar-refractivity contribution in [1.82, 2.24) is 0 Å². The van der Waals surface area contributed by atoms with E-state index in [-0.39, 0.29) is 0 Å². The molecule has 4 heteroatoms. The zero-order valence-electron chi connectivity index (χ0n) is 10.6. The van der Waals surface area contributed by atoms with Gasteiger partial charge in [0.2, 0.25) is 0 Å². The van der Waals surface area contributed by atoms with E-state index in [1.165, 1.54) is 0 Å². The first-order valence-corrected chi connectivity index (χ1v) is 6.77. The van der Waals surface area contributed by atoms with Crippen molar-refractivity contribution in [1.29, 1.82) is 0 Å². The van der Waals surface area contributed by atoms with Crippen LogP contribution in [0.4, 0.5) is 11.4 Å². The van der Waals surface area contributed by atoms with Crippen LogP contribution in [0.15, 0.2) is 46.2 Å². The van der Waals surface area contributed by atoms with Gasteiger partial charge in [-0.2, -0.15) is 0 Å². The number of thiol groups is 2. The second-order valence-electron chi connectivity index (χ2n) is 4.18. The van der Waals surface area contributed by atoms with Crippen molar-refractivity contribution in [3.8, 4) is 0 Å². The highest BCUT2D eigenvalue weighted by Crippen LogP contribution is 2.23. The van der Waals surface area contributed by atoms with Gasteiger partial charge in [-0.05, 0) is 35.4 Å². The first-order valence-electron chi connectivity index (χ1n) is 5.87. The van der Waals surface area contributed by atoms with E-state index in [9.17, 15) is 0 Å². The Morgan fingerprint density at radius 3 is 2.05 bits per heavy atom. The summed E-state index contributed by atoms with van der Waals surface area (Å²) in [5.74, 6) is 0. The van der Waals surface area contributed by atoms with Crippen molar-refractivity contribution in [2.24, 2.45) is 0 Å². The van der Waals surface area contributed by atoms with E-state index >= 15 is 0 Å². The Balaban J connectivity index is 2.27. The molecule has 19 heavy (non-hydrogen) atoms. The quantitative estimate of drug-likeness (QED) is 0.391. The third-order valence-corrected chi connectivity index (χ3v) is 3.59. The maximum Gasteiger partial charge on any atom is 0.0349 e. The first-order chi connectivity index (χ1) is 9.10. The summed E-state index contributed by atoms with van der Waals surface area (Å²) in [6, 6.07) is 11.7. The molecule has 0 aliphatic heterocycles. The Morgan fingerprint density at radius 2 is 1.53 bits per heavy atom. The Hall–Kier alpha value is -1.52. The van der Waals surface area contributed by atoms with Crippen molar-refractivity contribution in [2.45, 2.75) is 9.79 Å². The number of nitrogens with one attached hydrogen (secondary N) is 1. The molecule has 0 spiro atoms. The van der Waals surface area contributed by atoms with Gasteiger partial charge in [0, 0.05) is 28.2 Å². The molecular weight excluding hydrogens is 272 g/mol. The number of hydrogen-bond acceptors (Lipinski definition) is 4. The molecule has 0 saturated heterocycles. The van der Waals surface area contributed by atoms with E-state index in [1.54, 1.807) is 0 Å². The fourth-order valence-electron chi connectivity index (χ4n) is 1.72. The topological polar surface area (TPSA) is 38.0 Å². The highest BCUT2D eigenvalue weighted by atomic mass is 32.1. The summed E-state index contributed by atoms with van der Waals surface area (Å²) in [6.07, 6.45) is 4.03. The summed E-state index contributed by atoms with van der Waals surface area (Å²) in [6.45, 7) is 0. The third kappa shape index (κ3) is 3.49. The second-order valence-corrected chi connectivity index (χ2v) is 5.14. The Bertz CT molecular complexity index is 622. The monoisotopic (exact) mass is 288 g/mol. The number of anilines is 2. The number of nitrogens with two attached hydrogens (primary N) is 1. The molecule has 2 aromatic carbocycles. The predicted octanol–water partition coefficient (Wildman–Crippen LogP) is 4.06. The lowest BCUT2D eigenvalue weighted by Gasteiger charge is -2.05. The molecule has 0 bridgehead atoms. The van der Waals surface area contributed by atoms with Gasteiger partial charge in [-0.15, -0.1) is 25.3 Å². The van der Waals surface area contributed by atoms with Crippen molar-refractivity contribution in [3.63, 3.8) is 0 Å². The minimum absolute atomic E-state index is 0.718. The summed E-state index contributed by atoms with van der Waals surface area (Å²) >= 11 is 8.89. The van der Waals surface area contributed by atoms with E-state index < -0.39 is 0 Å². The van der Waals surface area contributed by atoms with E-state index in [1.807, 2.05) is 55.6 Å². The zero-order valence-corrected chi connectivity index (χ0v) is 12.4. The molecule has 0 aliphatic rings. The maximum absolute atomic E-state index is 5.70. The van der Waals surface area contributed by atoms with E-state index in [4.69, 9.17) is 5.73 Å². The average molecular weight is 288 g/mol. The lowest BCUT2D eigenvalue weighted by molar-refractivity contribution is 1.39. The van der Waals surface area contributed by atoms with Crippen molar-refractivity contribution in [2.75, 3.05) is 18.1 Å². The molecule has 0 fully saturated rings. The molecule has 98 valence electrons. The normalized spacial score (nSPS) is 10.9. The van der Waals surface area contributed by atoms with Crippen LogP contribution in [0, 0.1) is 0 Å². The van der Waals surface area contributed by atoms with Crippen LogP contribution in [-0.4, -0.2) is 7.05 Å². The number of benzene rings is 2. The Morgan fingerprint density at radius 1 is 0.947 bits per heavy atom. The van der Waals surface area contributed by atoms with E-state index in [0.717, 1.165) is 32.3 Å². The minimum Gasteiger partial charge on any atom is -0.399 e. The van der Waals surface area contributed by atoms with Crippen molar-refractivity contribution < 1.29 is 0 Å². The van der Waals surface area contributed by atoms with Crippen LogP contribution in [0.1, 0.15) is 11.1 Å². The third-order valence-electron chi connectivity index (χ3n) is 2.82. The highest BCUT2D eigenvalue weighted by Gasteiger charge is 1.99. The van der Waals surface area contributed by atoms with Crippen molar-refractivity contribution >= 4 is 48.8 Å². The lowest BCUT2D eigenvalue weighted by Crippen LogP contribution is -1.88. The molecule has 0 saturated carbocycles. The highest BCUT2D eigenvalue weighted by molar-refractivity contribution is 7.80. The summed E-state index contributed by atoms with van der Waals surface area (Å²) < 4.78 is 0. The molecule has 0 radical (unpaired) electrons. The predicted molar refractivity (Wildman–Crippen MR) is 90.3 cm³/mol. The van der Waals surface area contributed by atoms with Crippen molar-refractivity contribution in [3.05, 3.63) is 47.5 Å². The largest absolute Gasteiger partial charge is 0.399 e. The van der Waals surface area contributed by atoms with Gasteiger partial charge in [-0.1, -0.05) is 24.3 Å². The second kappa shape index (κ2) is 6.08. The van der Waals surface area contributed by atoms with Crippen LogP contribution in [-0.2, 0) is 0 Å². The van der Waals surface area contributed by atoms with Gasteiger partial charge in [0.25, 0.3) is 0 Å². The van der Waals surface area contributed by atoms with Crippen LogP contribution in [0.25, 0.3) is 12.2 Å². The molecular formula is C15H16N2S2. The van der Waals surface area contributed by atoms with E-state index in [2.05, 4.69) is 30.6 Å². The fraction of sp³-hybridized carbons (Fsp3) is 0.0667. The minimum atomic E-state index is 0.718. The molecule has 3 N–H and O–H groups in total. The Labute approximate surface area is 124 Å². The van der Waals surface area contributed by atoms with Gasteiger partial charge in [-0.3, -0.25) is 0 Å². The Kier molecular flexibility index (Phi) is 4.45. The number of nitrogen functional groups attached to an aromatic ring is 1. The summed E-state index contributed by atoms with van der Waals surface area (Å²) in [5, 5.41) is 3.09. The molecule has 0 aromatic heterocycles. The molecule has 2 rings (SSSR count). The zero-order chi connectivity index (χ0) is 13.8. The molecule has 2 nitrogen and oxygen atoms in total. The van der Waals surface area contributed by atoms with Crippen LogP contribution < -0.4 is 11.1 Å². The molecule has 0 heterocycles. The van der Waals surface area contributed by atoms with Gasteiger partial charge >= 0.3 is 0 Å². The summed E-state index contributed by atoms with van der Waals surface area (Å²) in [7, 11) is 1.89. The molecule has 2 aromatic rings. The molecule has 0 amide bonds. The van der Waals surface area contributed by atoms with Gasteiger partial charge in [0.05, 0.1) is 0 Å². The number of hydrogen-bond donors (Lipinski definition) is 4. The standard InChI is InChI=1S/C15H16N2S2/c1-17-13-7-5-11(15(19)9-13)3-2-10-4-6-12(16)8-14(10)18/h2-9,17-19H,16H2,1H3/b3-2+. The molecule has 0 atom stereocenters. The van der Waals surface area contributed by atoms with E-state index in [0.29, 0.717) is 0 Å². The van der Waals surface area contributed by atoms with Gasteiger partial charge in [-0.25, -0.2) is 0 Å². The first kappa shape index (κ1) is 13.9. The van der Waals surface area contributed by atoms with Gasteiger partial charge < -0.3 is 11.1 Å². The molecule has 0 unspecified atom stereocenters.